The third-order valence-electron chi connectivity index (χ3n) is 4.13. The summed E-state index contributed by atoms with van der Waals surface area (Å²) in [6, 6.07) is 0.255. The van der Waals surface area contributed by atoms with Crippen LogP contribution in [0, 0.1) is 17.3 Å². The molecule has 1 amide bonds. The van der Waals surface area contributed by atoms with Crippen LogP contribution in [0.25, 0.3) is 0 Å². The molecule has 0 aliphatic heterocycles. The van der Waals surface area contributed by atoms with Crippen molar-refractivity contribution in [1.29, 1.82) is 0 Å². The van der Waals surface area contributed by atoms with Gasteiger partial charge in [-0.05, 0) is 37.5 Å². The summed E-state index contributed by atoms with van der Waals surface area (Å²) in [7, 11) is 0. The van der Waals surface area contributed by atoms with Gasteiger partial charge in [-0.15, -0.1) is 0 Å². The Balaban J connectivity index is 1.76. The molecule has 0 radical (unpaired) electrons. The van der Waals surface area contributed by atoms with Crippen LogP contribution in [0.15, 0.2) is 0 Å². The molecule has 4 nitrogen and oxygen atoms in total. The number of rotatable bonds is 3. The number of aliphatic carboxylic acids is 1. The topological polar surface area (TPSA) is 66.4 Å². The third-order valence-corrected chi connectivity index (χ3v) is 4.13. The minimum absolute atomic E-state index is 0.0536. The lowest BCUT2D eigenvalue weighted by molar-refractivity contribution is -0.140. The fourth-order valence-corrected chi connectivity index (χ4v) is 2.61. The first-order valence-corrected chi connectivity index (χ1v) is 6.42. The Bertz CT molecular complexity index is 328. The summed E-state index contributed by atoms with van der Waals surface area (Å²) in [6.07, 6.45) is 4.81. The predicted molar refractivity (Wildman–Crippen MR) is 63.4 cm³/mol. The molecule has 0 aromatic carbocycles. The van der Waals surface area contributed by atoms with Gasteiger partial charge in [0.05, 0.1) is 11.8 Å². The Morgan fingerprint density at radius 2 is 1.76 bits per heavy atom. The molecule has 96 valence electrons. The Labute approximate surface area is 102 Å². The van der Waals surface area contributed by atoms with Gasteiger partial charge in [-0.1, -0.05) is 13.8 Å². The van der Waals surface area contributed by atoms with Crippen LogP contribution in [-0.4, -0.2) is 23.0 Å². The average Bonchev–Trinajstić information content (AvgIpc) is 3.01. The van der Waals surface area contributed by atoms with Crippen molar-refractivity contribution in [2.45, 2.75) is 52.0 Å². The zero-order valence-corrected chi connectivity index (χ0v) is 10.5. The maximum Gasteiger partial charge on any atom is 0.307 e. The first-order chi connectivity index (χ1) is 7.89. The lowest BCUT2D eigenvalue weighted by Crippen LogP contribution is -2.40. The van der Waals surface area contributed by atoms with E-state index in [1.807, 2.05) is 0 Å². The first kappa shape index (κ1) is 12.4. The normalized spacial score (nSPS) is 31.9. The van der Waals surface area contributed by atoms with E-state index in [0.29, 0.717) is 11.8 Å². The second-order valence-corrected chi connectivity index (χ2v) is 6.23. The van der Waals surface area contributed by atoms with E-state index in [2.05, 4.69) is 19.2 Å². The van der Waals surface area contributed by atoms with Crippen molar-refractivity contribution in [2.75, 3.05) is 0 Å². The van der Waals surface area contributed by atoms with Crippen LogP contribution < -0.4 is 5.32 Å². The fraction of sp³-hybridized carbons (Fsp3) is 0.846. The van der Waals surface area contributed by atoms with Gasteiger partial charge in [-0.3, -0.25) is 9.59 Å². The van der Waals surface area contributed by atoms with Gasteiger partial charge in [0.1, 0.15) is 0 Å². The second-order valence-electron chi connectivity index (χ2n) is 6.23. The first-order valence-electron chi connectivity index (χ1n) is 6.42. The van der Waals surface area contributed by atoms with Gasteiger partial charge in [0, 0.05) is 6.04 Å². The van der Waals surface area contributed by atoms with Crippen molar-refractivity contribution in [3.8, 4) is 0 Å². The summed E-state index contributed by atoms with van der Waals surface area (Å²) < 4.78 is 0. The predicted octanol–water partition coefficient (Wildman–Crippen LogP) is 1.79. The minimum atomic E-state index is -0.838. The van der Waals surface area contributed by atoms with Crippen molar-refractivity contribution < 1.29 is 14.7 Å². The second kappa shape index (κ2) is 4.31. The molecule has 2 fully saturated rings. The number of carbonyl (C=O) groups excluding carboxylic acids is 1. The number of hydrogen-bond donors (Lipinski definition) is 2. The lowest BCUT2D eigenvalue weighted by atomic mass is 9.75. The molecule has 2 aliphatic rings. The SMILES string of the molecule is CC1(C)CCC(NC(=O)C2CC2C(=O)O)CC1. The van der Waals surface area contributed by atoms with Crippen molar-refractivity contribution in [2.24, 2.45) is 17.3 Å². The summed E-state index contributed by atoms with van der Waals surface area (Å²) in [5, 5.41) is 11.8. The maximum absolute atomic E-state index is 11.8. The van der Waals surface area contributed by atoms with Gasteiger partial charge in [0.25, 0.3) is 0 Å². The zero-order valence-electron chi connectivity index (χ0n) is 10.5. The molecule has 0 heterocycles. The van der Waals surface area contributed by atoms with Crippen LogP contribution in [0.3, 0.4) is 0 Å². The highest BCUT2D eigenvalue weighted by Gasteiger charge is 2.48. The highest BCUT2D eigenvalue weighted by Crippen LogP contribution is 2.40. The maximum atomic E-state index is 11.8. The molecule has 2 aliphatic carbocycles. The minimum Gasteiger partial charge on any atom is -0.481 e. The number of carboxylic acid groups (broad SMARTS) is 1. The molecule has 0 saturated heterocycles. The van der Waals surface area contributed by atoms with E-state index in [9.17, 15) is 9.59 Å². The van der Waals surface area contributed by atoms with Gasteiger partial charge >= 0.3 is 5.97 Å². The fourth-order valence-electron chi connectivity index (χ4n) is 2.61. The van der Waals surface area contributed by atoms with E-state index in [1.165, 1.54) is 0 Å². The summed E-state index contributed by atoms with van der Waals surface area (Å²) >= 11 is 0. The molecule has 0 spiro atoms. The van der Waals surface area contributed by atoms with Crippen LogP contribution in [0.4, 0.5) is 0 Å². The van der Waals surface area contributed by atoms with Crippen molar-refractivity contribution >= 4 is 11.9 Å². The van der Waals surface area contributed by atoms with Gasteiger partial charge in [-0.25, -0.2) is 0 Å². The number of carboxylic acids is 1. The summed E-state index contributed by atoms with van der Waals surface area (Å²) in [4.78, 5) is 22.4. The van der Waals surface area contributed by atoms with Gasteiger partial charge < -0.3 is 10.4 Å². The van der Waals surface area contributed by atoms with Gasteiger partial charge in [-0.2, -0.15) is 0 Å². The number of carbonyl (C=O) groups is 2. The number of amides is 1. The molecular weight excluding hydrogens is 218 g/mol. The number of nitrogens with one attached hydrogen (secondary N) is 1. The Hall–Kier alpha value is -1.06. The standard InChI is InChI=1S/C13H21NO3/c1-13(2)5-3-8(4-6-13)14-11(15)9-7-10(9)12(16)17/h8-10H,3-7H2,1-2H3,(H,14,15)(H,16,17). The molecule has 2 rings (SSSR count). The van der Waals surface area contributed by atoms with Gasteiger partial charge in [0.15, 0.2) is 0 Å². The van der Waals surface area contributed by atoms with Crippen LogP contribution in [0.1, 0.15) is 46.0 Å². The van der Waals surface area contributed by atoms with E-state index in [-0.39, 0.29) is 17.9 Å². The molecule has 2 saturated carbocycles. The molecule has 0 bridgehead atoms. The van der Waals surface area contributed by atoms with Crippen LogP contribution in [0.2, 0.25) is 0 Å². The smallest absolute Gasteiger partial charge is 0.307 e. The molecule has 17 heavy (non-hydrogen) atoms. The highest BCUT2D eigenvalue weighted by molar-refractivity contribution is 5.89. The van der Waals surface area contributed by atoms with Crippen molar-refractivity contribution in [3.05, 3.63) is 0 Å². The summed E-state index contributed by atoms with van der Waals surface area (Å²) in [5.41, 5.74) is 0.393. The van der Waals surface area contributed by atoms with E-state index in [4.69, 9.17) is 5.11 Å². The van der Waals surface area contributed by atoms with Crippen molar-refractivity contribution in [3.63, 3.8) is 0 Å². The molecule has 4 heteroatoms. The lowest BCUT2D eigenvalue weighted by Gasteiger charge is -2.34. The Kier molecular flexibility index (Phi) is 3.15. The Morgan fingerprint density at radius 1 is 1.18 bits per heavy atom. The van der Waals surface area contributed by atoms with E-state index < -0.39 is 11.9 Å². The molecule has 0 aromatic heterocycles. The molecule has 0 aromatic rings. The molecule has 2 atom stereocenters. The molecule has 2 N–H and O–H groups in total. The monoisotopic (exact) mass is 239 g/mol. The van der Waals surface area contributed by atoms with Gasteiger partial charge in [0.2, 0.25) is 5.91 Å². The Morgan fingerprint density at radius 3 is 2.24 bits per heavy atom. The largest absolute Gasteiger partial charge is 0.481 e. The summed E-state index contributed by atoms with van der Waals surface area (Å²) in [5.74, 6) is -1.60. The average molecular weight is 239 g/mol. The highest BCUT2D eigenvalue weighted by atomic mass is 16.4. The van der Waals surface area contributed by atoms with E-state index in [1.54, 1.807) is 0 Å². The zero-order chi connectivity index (χ0) is 12.6. The quantitative estimate of drug-likeness (QED) is 0.789. The third kappa shape index (κ3) is 2.99. The summed E-state index contributed by atoms with van der Waals surface area (Å²) in [6.45, 7) is 4.51. The number of hydrogen-bond acceptors (Lipinski definition) is 2. The van der Waals surface area contributed by atoms with Crippen molar-refractivity contribution in [1.82, 2.24) is 5.32 Å². The van der Waals surface area contributed by atoms with Crippen LogP contribution in [0.5, 0.6) is 0 Å². The van der Waals surface area contributed by atoms with Crippen LogP contribution >= 0.6 is 0 Å². The molecular formula is C13H21NO3. The van der Waals surface area contributed by atoms with E-state index in [0.717, 1.165) is 25.7 Å². The van der Waals surface area contributed by atoms with E-state index >= 15 is 0 Å². The van der Waals surface area contributed by atoms with Crippen LogP contribution in [-0.2, 0) is 9.59 Å². The molecule has 2 unspecified atom stereocenters.